The van der Waals surface area contributed by atoms with Gasteiger partial charge in [0.15, 0.2) is 17.8 Å². The van der Waals surface area contributed by atoms with Gasteiger partial charge in [-0.2, -0.15) is 0 Å². The minimum absolute atomic E-state index is 0.0526. The van der Waals surface area contributed by atoms with Gasteiger partial charge in [0.1, 0.15) is 13.3 Å². The van der Waals surface area contributed by atoms with Gasteiger partial charge in [0.2, 0.25) is 0 Å². The van der Waals surface area contributed by atoms with Crippen molar-refractivity contribution in [3.63, 3.8) is 0 Å². The maximum atomic E-state index is 13.6. The average molecular weight is 447 g/mol. The van der Waals surface area contributed by atoms with Gasteiger partial charge in [-0.3, -0.25) is 9.44 Å². The third kappa shape index (κ3) is 3.32. The van der Waals surface area contributed by atoms with E-state index in [9.17, 15) is 19.6 Å². The van der Waals surface area contributed by atoms with E-state index in [0.29, 0.717) is 23.4 Å². The summed E-state index contributed by atoms with van der Waals surface area (Å²) >= 11 is 0. The number of nitrogens with zero attached hydrogens (tertiary/aromatic N) is 5. The Morgan fingerprint density at radius 2 is 1.79 bits per heavy atom. The predicted molar refractivity (Wildman–Crippen MR) is 119 cm³/mol. The smallest absolute Gasteiger partial charge is 0.348 e. The first-order chi connectivity index (χ1) is 15.9. The summed E-state index contributed by atoms with van der Waals surface area (Å²) in [5.41, 5.74) is 0.219. The summed E-state index contributed by atoms with van der Waals surface area (Å²) in [5.74, 6) is -0.675. The highest BCUT2D eigenvalue weighted by Gasteiger charge is 2.40. The van der Waals surface area contributed by atoms with Gasteiger partial charge in [-0.15, -0.1) is 0 Å². The molecule has 0 N–H and O–H groups in total. The zero-order valence-corrected chi connectivity index (χ0v) is 17.9. The average Bonchev–Trinajstić information content (AvgIpc) is 3.35. The SMILES string of the molecule is CCOCn1cnc2c1c(=O)n(C[N+]1([O-])Cc3ccccc3C1=O)c(=O)n2-c1ccccc1. The maximum Gasteiger partial charge on any atom is 0.348 e. The molecule has 2 aromatic carbocycles. The number of carbonyl (C=O) groups excluding carboxylic acids is 1. The van der Waals surface area contributed by atoms with Gasteiger partial charge in [-0.1, -0.05) is 36.4 Å². The summed E-state index contributed by atoms with van der Waals surface area (Å²) in [4.78, 5) is 44.2. The lowest BCUT2D eigenvalue weighted by Gasteiger charge is -2.35. The number of ether oxygens (including phenoxy) is 1. The molecule has 10 nitrogen and oxygen atoms in total. The second kappa shape index (κ2) is 7.93. The van der Waals surface area contributed by atoms with Crippen molar-refractivity contribution in [3.8, 4) is 5.69 Å². The second-order valence-corrected chi connectivity index (χ2v) is 7.85. The third-order valence-electron chi connectivity index (χ3n) is 5.76. The summed E-state index contributed by atoms with van der Waals surface area (Å²) in [6, 6.07) is 15.4. The summed E-state index contributed by atoms with van der Waals surface area (Å²) < 4.78 is 7.68. The third-order valence-corrected chi connectivity index (χ3v) is 5.76. The molecule has 0 fully saturated rings. The lowest BCUT2D eigenvalue weighted by Crippen LogP contribution is -2.51. The Balaban J connectivity index is 1.72. The summed E-state index contributed by atoms with van der Waals surface area (Å²) in [6.07, 6.45) is 1.42. The molecular formula is C23H21N5O5. The standard InChI is InChI=1S/C23H21N5O5/c1-2-33-15-25-13-24-20-19(25)21(29)26(23(31)27(20)17-9-4-3-5-10-17)14-28(32)12-16-8-6-7-11-18(16)22(28)30/h3-11,13H,2,12,14-15H2,1H3. The molecule has 1 atom stereocenters. The second-order valence-electron chi connectivity index (χ2n) is 7.85. The number of amides is 1. The van der Waals surface area contributed by atoms with Gasteiger partial charge in [0.05, 0.1) is 17.6 Å². The Kier molecular flexibility index (Phi) is 5.05. The van der Waals surface area contributed by atoms with Crippen molar-refractivity contribution in [2.24, 2.45) is 0 Å². The van der Waals surface area contributed by atoms with Gasteiger partial charge in [-0.05, 0) is 25.1 Å². The number of aromatic nitrogens is 4. The van der Waals surface area contributed by atoms with Crippen LogP contribution in [-0.2, 0) is 24.7 Å². The van der Waals surface area contributed by atoms with Crippen LogP contribution < -0.4 is 11.2 Å². The van der Waals surface area contributed by atoms with Crippen molar-refractivity contribution in [1.29, 1.82) is 0 Å². The van der Waals surface area contributed by atoms with E-state index in [2.05, 4.69) is 4.98 Å². The zero-order valence-electron chi connectivity index (χ0n) is 17.9. The van der Waals surface area contributed by atoms with Crippen molar-refractivity contribution < 1.29 is 14.2 Å². The normalized spacial score (nSPS) is 17.6. The Morgan fingerprint density at radius 1 is 1.06 bits per heavy atom. The van der Waals surface area contributed by atoms with Crippen molar-refractivity contribution in [3.05, 3.63) is 98.1 Å². The molecule has 0 saturated heterocycles. The molecule has 1 aliphatic rings. The zero-order chi connectivity index (χ0) is 23.2. The first-order valence-corrected chi connectivity index (χ1v) is 10.5. The fourth-order valence-electron chi connectivity index (χ4n) is 4.18. The number of hydrogen-bond acceptors (Lipinski definition) is 6. The fourth-order valence-corrected chi connectivity index (χ4v) is 4.18. The van der Waals surface area contributed by atoms with Gasteiger partial charge in [0, 0.05) is 12.2 Å². The number of para-hydroxylation sites is 1. The number of benzene rings is 2. The van der Waals surface area contributed by atoms with Gasteiger partial charge in [-0.25, -0.2) is 23.7 Å². The summed E-state index contributed by atoms with van der Waals surface area (Å²) in [7, 11) is 0. The molecule has 33 heavy (non-hydrogen) atoms. The van der Waals surface area contributed by atoms with Crippen molar-refractivity contribution in [2.75, 3.05) is 6.61 Å². The van der Waals surface area contributed by atoms with Crippen LogP contribution >= 0.6 is 0 Å². The highest BCUT2D eigenvalue weighted by Crippen LogP contribution is 2.29. The molecule has 0 spiro atoms. The maximum absolute atomic E-state index is 13.6. The van der Waals surface area contributed by atoms with E-state index in [-0.39, 0.29) is 24.4 Å². The first-order valence-electron chi connectivity index (χ1n) is 10.5. The minimum atomic E-state index is -1.35. The van der Waals surface area contributed by atoms with Crippen molar-refractivity contribution in [2.45, 2.75) is 26.9 Å². The number of carbonyl (C=O) groups is 1. The predicted octanol–water partition coefficient (Wildman–Crippen LogP) is 1.97. The molecule has 0 bridgehead atoms. The molecular weight excluding hydrogens is 426 g/mol. The van der Waals surface area contributed by atoms with Crippen LogP contribution in [0.5, 0.6) is 0 Å². The minimum Gasteiger partial charge on any atom is -0.623 e. The molecule has 4 aromatic rings. The number of quaternary nitrogens is 1. The molecule has 1 unspecified atom stereocenters. The van der Waals surface area contributed by atoms with Gasteiger partial charge < -0.3 is 14.5 Å². The quantitative estimate of drug-likeness (QED) is 0.330. The van der Waals surface area contributed by atoms with Crippen LogP contribution in [-0.4, -0.2) is 35.8 Å². The van der Waals surface area contributed by atoms with Crippen LogP contribution in [0.4, 0.5) is 0 Å². The number of fused-ring (bicyclic) bond motifs is 2. The van der Waals surface area contributed by atoms with Crippen LogP contribution in [0.25, 0.3) is 16.9 Å². The highest BCUT2D eigenvalue weighted by molar-refractivity contribution is 5.92. The van der Waals surface area contributed by atoms with Gasteiger partial charge in [0.25, 0.3) is 5.56 Å². The Hall–Kier alpha value is -3.86. The van der Waals surface area contributed by atoms with Crippen LogP contribution in [0, 0.1) is 5.21 Å². The molecule has 3 heterocycles. The Bertz CT molecular complexity index is 1490. The van der Waals surface area contributed by atoms with Crippen LogP contribution in [0.3, 0.4) is 0 Å². The first kappa shape index (κ1) is 21.0. The van der Waals surface area contributed by atoms with Crippen LogP contribution in [0.2, 0.25) is 0 Å². The number of imidazole rings is 1. The van der Waals surface area contributed by atoms with Crippen LogP contribution in [0.1, 0.15) is 22.8 Å². The van der Waals surface area contributed by atoms with E-state index in [1.165, 1.54) is 15.5 Å². The van der Waals surface area contributed by atoms with E-state index in [1.807, 2.05) is 6.92 Å². The van der Waals surface area contributed by atoms with E-state index < -0.39 is 28.5 Å². The largest absolute Gasteiger partial charge is 0.623 e. The number of rotatable bonds is 6. The van der Waals surface area contributed by atoms with Gasteiger partial charge >= 0.3 is 11.6 Å². The molecule has 0 radical (unpaired) electrons. The monoisotopic (exact) mass is 447 g/mol. The fraction of sp³-hybridized carbons (Fsp3) is 0.217. The molecule has 2 aromatic heterocycles. The molecule has 1 aliphatic heterocycles. The molecule has 168 valence electrons. The summed E-state index contributed by atoms with van der Waals surface area (Å²) in [6.45, 7) is 1.49. The number of hydrogen-bond donors (Lipinski definition) is 0. The topological polar surface area (TPSA) is 111 Å². The Morgan fingerprint density at radius 3 is 2.52 bits per heavy atom. The lowest BCUT2D eigenvalue weighted by molar-refractivity contribution is -0.831. The lowest BCUT2D eigenvalue weighted by atomic mass is 10.1. The van der Waals surface area contributed by atoms with Crippen molar-refractivity contribution >= 4 is 17.1 Å². The highest BCUT2D eigenvalue weighted by atomic mass is 16.6. The molecule has 0 saturated carbocycles. The molecule has 10 heteroatoms. The van der Waals surface area contributed by atoms with E-state index in [1.54, 1.807) is 54.6 Å². The van der Waals surface area contributed by atoms with Crippen molar-refractivity contribution in [1.82, 2.24) is 18.7 Å². The Labute approximate surface area is 187 Å². The molecule has 1 amide bonds. The van der Waals surface area contributed by atoms with Crippen LogP contribution in [0.15, 0.2) is 70.5 Å². The molecule has 5 rings (SSSR count). The number of hydroxylamine groups is 3. The van der Waals surface area contributed by atoms with E-state index in [0.717, 1.165) is 4.57 Å². The van der Waals surface area contributed by atoms with E-state index >= 15 is 0 Å². The molecule has 0 aliphatic carbocycles. The summed E-state index contributed by atoms with van der Waals surface area (Å²) in [5, 5.41) is 13.6. The van der Waals surface area contributed by atoms with E-state index in [4.69, 9.17) is 4.74 Å².